The van der Waals surface area contributed by atoms with Gasteiger partial charge < -0.3 is 19.5 Å². The molecule has 0 saturated heterocycles. The fraction of sp³-hybridized carbons (Fsp3) is 0.310. The van der Waals surface area contributed by atoms with Crippen LogP contribution in [-0.2, 0) is 17.6 Å². The molecule has 1 atom stereocenters. The number of carbonyl (C=O) groups is 2. The van der Waals surface area contributed by atoms with Crippen LogP contribution in [-0.4, -0.2) is 38.6 Å². The lowest BCUT2D eigenvalue weighted by molar-refractivity contribution is -0.120. The molecule has 3 aromatic carbocycles. The van der Waals surface area contributed by atoms with E-state index in [0.29, 0.717) is 34.8 Å². The van der Waals surface area contributed by atoms with Gasteiger partial charge in [0.15, 0.2) is 17.3 Å². The summed E-state index contributed by atoms with van der Waals surface area (Å²) in [5.74, 6) is 1.51. The number of hydrogen-bond donors (Lipinski definition) is 1. The summed E-state index contributed by atoms with van der Waals surface area (Å²) in [5, 5.41) is 2.89. The maximum atomic E-state index is 14.6. The van der Waals surface area contributed by atoms with Crippen molar-refractivity contribution in [2.45, 2.75) is 31.8 Å². The monoisotopic (exact) mass is 489 g/mol. The van der Waals surface area contributed by atoms with E-state index in [-0.39, 0.29) is 42.5 Å². The van der Waals surface area contributed by atoms with Crippen LogP contribution >= 0.6 is 0 Å². The molecule has 186 valence electrons. The van der Waals surface area contributed by atoms with E-state index in [2.05, 4.69) is 5.32 Å². The van der Waals surface area contributed by atoms with E-state index >= 15 is 0 Å². The zero-order valence-corrected chi connectivity index (χ0v) is 20.3. The lowest BCUT2D eigenvalue weighted by atomic mass is 9.98. The number of fused-ring (bicyclic) bond motifs is 1. The Morgan fingerprint density at radius 3 is 2.44 bits per heavy atom. The second-order valence-electron chi connectivity index (χ2n) is 9.23. The highest BCUT2D eigenvalue weighted by molar-refractivity contribution is 5.99. The van der Waals surface area contributed by atoms with Gasteiger partial charge >= 0.3 is 0 Å². The van der Waals surface area contributed by atoms with Gasteiger partial charge in [-0.15, -0.1) is 0 Å². The number of halogens is 1. The smallest absolute Gasteiger partial charge is 0.224 e. The van der Waals surface area contributed by atoms with Crippen molar-refractivity contribution in [3.8, 4) is 28.4 Å². The first-order valence-corrected chi connectivity index (χ1v) is 12.1. The van der Waals surface area contributed by atoms with Crippen LogP contribution in [0.25, 0.3) is 11.1 Å². The predicted molar refractivity (Wildman–Crippen MR) is 133 cm³/mol. The molecule has 1 amide bonds. The molecule has 5 rings (SSSR count). The molecule has 0 aromatic heterocycles. The van der Waals surface area contributed by atoms with Crippen molar-refractivity contribution in [3.63, 3.8) is 0 Å². The Morgan fingerprint density at radius 2 is 1.75 bits per heavy atom. The van der Waals surface area contributed by atoms with Crippen molar-refractivity contribution in [1.82, 2.24) is 5.32 Å². The van der Waals surface area contributed by atoms with Crippen LogP contribution < -0.4 is 19.5 Å². The summed E-state index contributed by atoms with van der Waals surface area (Å²) in [6, 6.07) is 15.9. The van der Waals surface area contributed by atoms with Crippen LogP contribution in [0.5, 0.6) is 17.2 Å². The van der Waals surface area contributed by atoms with Gasteiger partial charge in [-0.05, 0) is 48.2 Å². The Bertz CT molecular complexity index is 1300. The summed E-state index contributed by atoms with van der Waals surface area (Å²) in [4.78, 5) is 24.9. The number of nitrogens with one attached hydrogen (secondary N) is 1. The van der Waals surface area contributed by atoms with Crippen LogP contribution in [0.3, 0.4) is 0 Å². The minimum Gasteiger partial charge on any atom is -0.493 e. The van der Waals surface area contributed by atoms with Crippen LogP contribution in [0.15, 0.2) is 54.6 Å². The molecule has 1 heterocycles. The number of benzene rings is 3. The fourth-order valence-electron chi connectivity index (χ4n) is 4.57. The van der Waals surface area contributed by atoms with Crippen molar-refractivity contribution in [2.24, 2.45) is 5.92 Å². The second-order valence-corrected chi connectivity index (χ2v) is 9.23. The maximum Gasteiger partial charge on any atom is 0.224 e. The molecular weight excluding hydrogens is 461 g/mol. The highest BCUT2D eigenvalue weighted by Crippen LogP contribution is 2.41. The van der Waals surface area contributed by atoms with Gasteiger partial charge in [-0.25, -0.2) is 4.39 Å². The van der Waals surface area contributed by atoms with Crippen LogP contribution in [0.1, 0.15) is 34.3 Å². The second kappa shape index (κ2) is 10.0. The van der Waals surface area contributed by atoms with Gasteiger partial charge in [-0.1, -0.05) is 30.3 Å². The zero-order chi connectivity index (χ0) is 25.2. The van der Waals surface area contributed by atoms with E-state index in [4.69, 9.17) is 14.2 Å². The predicted octanol–water partition coefficient (Wildman–Crippen LogP) is 4.77. The molecule has 0 bridgehead atoms. The average Bonchev–Trinajstić information content (AvgIpc) is 3.66. The first-order chi connectivity index (χ1) is 17.5. The molecule has 0 unspecified atom stereocenters. The Hall–Kier alpha value is -3.87. The normalized spacial score (nSPS) is 16.1. The molecule has 1 saturated carbocycles. The fourth-order valence-corrected chi connectivity index (χ4v) is 4.57. The van der Waals surface area contributed by atoms with Crippen LogP contribution in [0.4, 0.5) is 4.39 Å². The number of ether oxygens (including phenoxy) is 3. The highest BCUT2D eigenvalue weighted by Gasteiger charge is 2.31. The number of ketones is 1. The van der Waals surface area contributed by atoms with Crippen LogP contribution in [0.2, 0.25) is 0 Å². The first-order valence-electron chi connectivity index (χ1n) is 12.1. The highest BCUT2D eigenvalue weighted by atomic mass is 19.1. The van der Waals surface area contributed by atoms with Crippen molar-refractivity contribution >= 4 is 11.7 Å². The van der Waals surface area contributed by atoms with Gasteiger partial charge in [0.1, 0.15) is 17.7 Å². The van der Waals surface area contributed by atoms with Gasteiger partial charge in [0.2, 0.25) is 5.91 Å². The molecule has 3 aromatic rings. The topological polar surface area (TPSA) is 73.9 Å². The van der Waals surface area contributed by atoms with Gasteiger partial charge in [-0.3, -0.25) is 9.59 Å². The average molecular weight is 490 g/mol. The minimum atomic E-state index is -0.374. The number of Topliss-reactive ketones (excluding diaryl/α,β-unsaturated/α-hetero) is 1. The summed E-state index contributed by atoms with van der Waals surface area (Å²) in [6.45, 7) is 0.258. The summed E-state index contributed by atoms with van der Waals surface area (Å²) in [7, 11) is 3.11. The number of methoxy groups -OCH3 is 2. The van der Waals surface area contributed by atoms with Gasteiger partial charge in [-0.2, -0.15) is 0 Å². The number of rotatable bonds is 9. The van der Waals surface area contributed by atoms with Crippen molar-refractivity contribution in [3.05, 3.63) is 77.1 Å². The van der Waals surface area contributed by atoms with Crippen molar-refractivity contribution < 1.29 is 28.2 Å². The van der Waals surface area contributed by atoms with E-state index in [1.54, 1.807) is 32.4 Å². The van der Waals surface area contributed by atoms with E-state index in [0.717, 1.165) is 29.5 Å². The molecule has 0 spiro atoms. The van der Waals surface area contributed by atoms with Gasteiger partial charge in [0, 0.05) is 29.0 Å². The Labute approximate surface area is 209 Å². The molecule has 1 fully saturated rings. The standard InChI is InChI=1S/C29H28FNO5/c1-34-25-12-3-17(13-26(25)35-2)14-27(32)31-16-21-15-23-24(30)11-10-22(29(23)36-21)18-4-6-19(7-5-18)28(33)20-8-9-20/h3-7,10-13,20-21H,8-9,14-16H2,1-2H3,(H,31,32)/t21-/m1/s1. The number of carbonyl (C=O) groups excluding carboxylic acids is 2. The molecule has 1 aliphatic heterocycles. The lowest BCUT2D eigenvalue weighted by Crippen LogP contribution is -2.35. The maximum absolute atomic E-state index is 14.6. The number of hydrogen-bond acceptors (Lipinski definition) is 5. The molecule has 0 radical (unpaired) electrons. The zero-order valence-electron chi connectivity index (χ0n) is 20.3. The van der Waals surface area contributed by atoms with Gasteiger partial charge in [0.05, 0.1) is 27.2 Å². The van der Waals surface area contributed by atoms with E-state index in [1.807, 2.05) is 30.3 Å². The quantitative estimate of drug-likeness (QED) is 0.439. The number of amides is 1. The molecule has 2 aliphatic rings. The largest absolute Gasteiger partial charge is 0.493 e. The summed E-state index contributed by atoms with van der Waals surface area (Å²) in [6.07, 6.45) is 2.09. The molecule has 6 nitrogen and oxygen atoms in total. The third kappa shape index (κ3) is 4.91. The minimum absolute atomic E-state index is 0.164. The Morgan fingerprint density at radius 1 is 1.00 bits per heavy atom. The summed E-state index contributed by atoms with van der Waals surface area (Å²) in [5.41, 5.74) is 3.63. The third-order valence-corrected chi connectivity index (χ3v) is 6.69. The van der Waals surface area contributed by atoms with E-state index in [9.17, 15) is 14.0 Å². The molecule has 36 heavy (non-hydrogen) atoms. The van der Waals surface area contributed by atoms with E-state index < -0.39 is 0 Å². The third-order valence-electron chi connectivity index (χ3n) is 6.69. The Kier molecular flexibility index (Phi) is 6.63. The molecular formula is C29H28FNO5. The molecule has 1 N–H and O–H groups in total. The van der Waals surface area contributed by atoms with Crippen molar-refractivity contribution in [2.75, 3.05) is 20.8 Å². The van der Waals surface area contributed by atoms with E-state index in [1.165, 1.54) is 6.07 Å². The van der Waals surface area contributed by atoms with Crippen molar-refractivity contribution in [1.29, 1.82) is 0 Å². The molecule has 1 aliphatic carbocycles. The SMILES string of the molecule is COc1ccc(CC(=O)NC[C@H]2Cc3c(F)ccc(-c4ccc(C(=O)C5CC5)cc4)c3O2)cc1OC. The first kappa shape index (κ1) is 23.9. The lowest BCUT2D eigenvalue weighted by Gasteiger charge is -2.14. The van der Waals surface area contributed by atoms with Crippen LogP contribution in [0, 0.1) is 11.7 Å². The summed E-state index contributed by atoms with van der Waals surface area (Å²) >= 11 is 0. The molecule has 7 heteroatoms. The van der Waals surface area contributed by atoms with Gasteiger partial charge in [0.25, 0.3) is 0 Å². The summed E-state index contributed by atoms with van der Waals surface area (Å²) < 4.78 is 31.2. The Balaban J connectivity index is 1.23.